The highest BCUT2D eigenvalue weighted by Crippen LogP contribution is 2.36. The van der Waals surface area contributed by atoms with Crippen molar-refractivity contribution in [1.82, 2.24) is 58.6 Å². The van der Waals surface area contributed by atoms with Gasteiger partial charge in [-0.05, 0) is 64.1 Å². The second-order valence-electron chi connectivity index (χ2n) is 18.1. The summed E-state index contributed by atoms with van der Waals surface area (Å²) in [6.45, 7) is 9.89. The van der Waals surface area contributed by atoms with E-state index in [9.17, 15) is 9.59 Å². The van der Waals surface area contributed by atoms with Crippen molar-refractivity contribution in [1.29, 1.82) is 0 Å². The SMILES string of the molecule is COCCn1c(C)nc2c(-c3ccc(Cl)cc3F)nc(N3CCOC(c4cnn(CCn5c(C)nc6c(-c7ccc(Cl)cc7F)nc(N7CC(c8cnn(C)c8)OC(C)(C)C7)nc6c5=O)c4)C3)nc2c1=O. The molecule has 19 nitrogen and oxygen atoms in total. The molecular weight excluding hydrogens is 962 g/mol. The third-order valence-corrected chi connectivity index (χ3v) is 13.1. The Bertz CT molecular complexity index is 3490. The number of methoxy groups -OCH3 is 1. The number of halogens is 4. The highest BCUT2D eigenvalue weighted by Gasteiger charge is 2.37. The van der Waals surface area contributed by atoms with E-state index in [2.05, 4.69) is 15.2 Å². The van der Waals surface area contributed by atoms with Gasteiger partial charge in [0.25, 0.3) is 11.1 Å². The third kappa shape index (κ3) is 9.46. The number of fused-ring (bicyclic) bond motifs is 2. The molecule has 0 aliphatic carbocycles. The first kappa shape index (κ1) is 47.9. The molecule has 0 spiro atoms. The van der Waals surface area contributed by atoms with E-state index >= 15 is 8.78 Å². The molecule has 2 saturated heterocycles. The van der Waals surface area contributed by atoms with E-state index in [1.54, 1.807) is 54.8 Å². The van der Waals surface area contributed by atoms with Crippen LogP contribution in [0.25, 0.3) is 44.6 Å². The van der Waals surface area contributed by atoms with Crippen LogP contribution in [-0.4, -0.2) is 111 Å². The van der Waals surface area contributed by atoms with Gasteiger partial charge in [-0.3, -0.25) is 28.1 Å². The fourth-order valence-electron chi connectivity index (χ4n) is 9.14. The molecule has 6 aromatic heterocycles. The van der Waals surface area contributed by atoms with E-state index in [1.807, 2.05) is 43.1 Å². The van der Waals surface area contributed by atoms with Crippen LogP contribution in [0.4, 0.5) is 20.7 Å². The van der Waals surface area contributed by atoms with Crippen molar-refractivity contribution in [2.45, 2.75) is 65.1 Å². The van der Waals surface area contributed by atoms with Crippen LogP contribution < -0.4 is 20.9 Å². The Morgan fingerprint density at radius 1 is 0.718 bits per heavy atom. The summed E-state index contributed by atoms with van der Waals surface area (Å²) in [4.78, 5) is 61.2. The summed E-state index contributed by atoms with van der Waals surface area (Å²) in [5.41, 5.74) is 0.989. The molecular formula is C48H48Cl2F2N14O5. The van der Waals surface area contributed by atoms with E-state index < -0.39 is 40.6 Å². The summed E-state index contributed by atoms with van der Waals surface area (Å²) in [7, 11) is 3.37. The van der Waals surface area contributed by atoms with Crippen molar-refractivity contribution in [3.63, 3.8) is 0 Å². The molecule has 2 aliphatic rings. The van der Waals surface area contributed by atoms with Gasteiger partial charge in [-0.25, -0.2) is 38.7 Å². The molecule has 0 bridgehead atoms. The highest BCUT2D eigenvalue weighted by molar-refractivity contribution is 6.31. The molecule has 10 rings (SSSR count). The van der Waals surface area contributed by atoms with Gasteiger partial charge < -0.3 is 24.0 Å². The molecule has 23 heteroatoms. The quantitative estimate of drug-likeness (QED) is 0.130. The summed E-state index contributed by atoms with van der Waals surface area (Å²) in [6.07, 6.45) is 6.26. The number of morpholine rings is 2. The molecule has 71 heavy (non-hydrogen) atoms. The summed E-state index contributed by atoms with van der Waals surface area (Å²) in [6, 6.07) is 8.52. The van der Waals surface area contributed by atoms with E-state index in [0.717, 1.165) is 11.1 Å². The summed E-state index contributed by atoms with van der Waals surface area (Å²) < 4.78 is 55.6. The molecule has 2 atom stereocenters. The molecule has 2 fully saturated rings. The molecule has 0 N–H and O–H groups in total. The zero-order valence-corrected chi connectivity index (χ0v) is 41.1. The minimum absolute atomic E-state index is 0.0155. The summed E-state index contributed by atoms with van der Waals surface area (Å²) >= 11 is 12.3. The molecule has 0 radical (unpaired) electrons. The Balaban J connectivity index is 0.944. The van der Waals surface area contributed by atoms with Crippen LogP contribution in [0.3, 0.4) is 0 Å². The Hall–Kier alpha value is -6.78. The van der Waals surface area contributed by atoms with Crippen LogP contribution >= 0.6 is 23.2 Å². The van der Waals surface area contributed by atoms with Gasteiger partial charge in [-0.1, -0.05) is 23.2 Å². The maximum atomic E-state index is 15.8. The lowest BCUT2D eigenvalue weighted by Gasteiger charge is -2.42. The van der Waals surface area contributed by atoms with Crippen molar-refractivity contribution in [2.75, 3.05) is 56.3 Å². The maximum absolute atomic E-state index is 15.8. The lowest BCUT2D eigenvalue weighted by atomic mass is 10.0. The molecule has 0 saturated carbocycles. The average molecular weight is 1010 g/mol. The minimum Gasteiger partial charge on any atom is -0.383 e. The summed E-state index contributed by atoms with van der Waals surface area (Å²) in [5.74, 6) is -0.0746. The molecule has 2 unspecified atom stereocenters. The van der Waals surface area contributed by atoms with Crippen molar-refractivity contribution in [3.8, 4) is 22.5 Å². The number of rotatable bonds is 12. The molecule has 0 amide bonds. The Morgan fingerprint density at radius 3 is 1.86 bits per heavy atom. The Kier molecular flexibility index (Phi) is 12.9. The number of ether oxygens (including phenoxy) is 3. The topological polar surface area (TPSA) is 191 Å². The lowest BCUT2D eigenvalue weighted by Crippen LogP contribution is -2.50. The van der Waals surface area contributed by atoms with Crippen molar-refractivity contribution in [2.24, 2.45) is 7.05 Å². The van der Waals surface area contributed by atoms with Crippen LogP contribution in [0.15, 0.2) is 70.8 Å². The van der Waals surface area contributed by atoms with Crippen LogP contribution in [-0.2, 0) is 40.9 Å². The number of anilines is 2. The van der Waals surface area contributed by atoms with Crippen LogP contribution in [0.5, 0.6) is 0 Å². The van der Waals surface area contributed by atoms with Gasteiger partial charge in [0, 0.05) is 78.5 Å². The van der Waals surface area contributed by atoms with Crippen LogP contribution in [0.2, 0.25) is 10.0 Å². The number of benzene rings is 2. The predicted molar refractivity (Wildman–Crippen MR) is 262 cm³/mol. The van der Waals surface area contributed by atoms with Gasteiger partial charge in [0.2, 0.25) is 11.9 Å². The van der Waals surface area contributed by atoms with Crippen molar-refractivity contribution in [3.05, 3.63) is 126 Å². The van der Waals surface area contributed by atoms with Crippen LogP contribution in [0.1, 0.15) is 48.8 Å². The normalized spacial score (nSPS) is 17.2. The zero-order valence-electron chi connectivity index (χ0n) is 39.6. The molecule has 2 aliphatic heterocycles. The first-order chi connectivity index (χ1) is 34.0. The Labute approximate surface area is 414 Å². The van der Waals surface area contributed by atoms with Gasteiger partial charge in [-0.15, -0.1) is 0 Å². The van der Waals surface area contributed by atoms with E-state index in [-0.39, 0.29) is 106 Å². The highest BCUT2D eigenvalue weighted by atomic mass is 35.5. The van der Waals surface area contributed by atoms with Gasteiger partial charge in [-0.2, -0.15) is 10.2 Å². The minimum atomic E-state index is -0.656. The molecule has 8 heterocycles. The third-order valence-electron chi connectivity index (χ3n) is 12.6. The van der Waals surface area contributed by atoms with E-state index in [1.165, 1.54) is 33.4 Å². The first-order valence-electron chi connectivity index (χ1n) is 22.8. The smallest absolute Gasteiger partial charge is 0.280 e. The predicted octanol–water partition coefficient (Wildman–Crippen LogP) is 6.43. The van der Waals surface area contributed by atoms with Gasteiger partial charge in [0.15, 0.2) is 11.0 Å². The van der Waals surface area contributed by atoms with Crippen molar-refractivity contribution >= 4 is 57.2 Å². The van der Waals surface area contributed by atoms with E-state index in [4.69, 9.17) is 62.3 Å². The number of hydrogen-bond donors (Lipinski definition) is 0. The number of aryl methyl sites for hydroxylation is 4. The monoisotopic (exact) mass is 1010 g/mol. The first-order valence-corrected chi connectivity index (χ1v) is 23.6. The largest absolute Gasteiger partial charge is 0.383 e. The maximum Gasteiger partial charge on any atom is 0.280 e. The zero-order chi connectivity index (χ0) is 49.9. The van der Waals surface area contributed by atoms with Gasteiger partial charge in [0.1, 0.15) is 57.9 Å². The average Bonchev–Trinajstić information content (AvgIpc) is 4.00. The van der Waals surface area contributed by atoms with Crippen molar-refractivity contribution < 1.29 is 23.0 Å². The second-order valence-corrected chi connectivity index (χ2v) is 19.0. The summed E-state index contributed by atoms with van der Waals surface area (Å²) in [5, 5.41) is 9.36. The Morgan fingerprint density at radius 2 is 1.28 bits per heavy atom. The lowest BCUT2D eigenvalue weighted by molar-refractivity contribution is -0.0859. The molecule has 2 aromatic carbocycles. The van der Waals surface area contributed by atoms with Gasteiger partial charge >= 0.3 is 0 Å². The number of hydrogen-bond acceptors (Lipinski definition) is 15. The second kappa shape index (κ2) is 19.1. The standard InChI is InChI=1S/C48H48Cl2F2N14O5/c1-26-55-41-39(33-10-8-31(50)18-35(33)52)58-47(63-24-37(71-48(3,4)25-63)28-19-53-61(5)21-28)60-42(41)44(67)65(26)12-11-64-22-29(20-54-64)36-23-62(13-16-70-36)46-57-38(32-9-7-30(49)17-34(32)51)40-43(59-46)45(68)66(14-15-69-6)27(2)56-40/h7-10,17-22,36-37H,11-16,23-25H2,1-6H3. The molecule has 368 valence electrons. The fraction of sp³-hybridized carbons (Fsp3) is 0.375. The number of nitrogens with zero attached hydrogens (tertiary/aromatic N) is 14. The fourth-order valence-corrected chi connectivity index (χ4v) is 9.46. The number of aromatic nitrogens is 12. The molecule has 8 aromatic rings. The van der Waals surface area contributed by atoms with Crippen LogP contribution in [0, 0.1) is 25.5 Å². The van der Waals surface area contributed by atoms with E-state index in [0.29, 0.717) is 31.3 Å². The van der Waals surface area contributed by atoms with Gasteiger partial charge in [0.05, 0.1) is 57.4 Å².